The molecule has 4 aromatic rings. The maximum absolute atomic E-state index is 13.3. The van der Waals surface area contributed by atoms with Gasteiger partial charge >= 0.3 is 5.91 Å². The van der Waals surface area contributed by atoms with Gasteiger partial charge in [-0.2, -0.15) is 0 Å². The Hall–Kier alpha value is -3.49. The Morgan fingerprint density at radius 2 is 1.94 bits per heavy atom. The molecule has 0 spiro atoms. The van der Waals surface area contributed by atoms with Crippen molar-refractivity contribution in [2.75, 3.05) is 12.0 Å². The number of anilines is 1. The number of thiazole rings is 1. The van der Waals surface area contributed by atoms with Crippen LogP contribution in [0, 0.1) is 13.8 Å². The molecule has 0 saturated carbocycles. The highest BCUT2D eigenvalue weighted by molar-refractivity contribution is 7.22. The first-order chi connectivity index (χ1) is 15.9. The molecule has 0 unspecified atom stereocenters. The molecule has 33 heavy (non-hydrogen) atoms. The van der Waals surface area contributed by atoms with Crippen LogP contribution in [0.2, 0.25) is 0 Å². The fraction of sp³-hybridized carbons (Fsp3) is 0.160. The lowest BCUT2D eigenvalue weighted by Gasteiger charge is -2.21. The quantitative estimate of drug-likeness (QED) is 0.235. The highest BCUT2D eigenvalue weighted by Crippen LogP contribution is 2.45. The van der Waals surface area contributed by atoms with E-state index < -0.39 is 17.7 Å². The molecule has 166 valence electrons. The molecule has 1 saturated heterocycles. The van der Waals surface area contributed by atoms with Crippen LogP contribution in [0.5, 0.6) is 5.75 Å². The third-order valence-electron chi connectivity index (χ3n) is 5.62. The van der Waals surface area contributed by atoms with Crippen LogP contribution in [-0.2, 0) is 9.59 Å². The molecule has 5 rings (SSSR count). The van der Waals surface area contributed by atoms with Crippen LogP contribution in [0.3, 0.4) is 0 Å². The van der Waals surface area contributed by atoms with Gasteiger partial charge in [-0.05, 0) is 54.6 Å². The van der Waals surface area contributed by atoms with Crippen molar-refractivity contribution >= 4 is 55.5 Å². The second-order valence-electron chi connectivity index (χ2n) is 7.84. The number of aromatic nitrogens is 1. The number of carbonyl (C=O) groups excluding carboxylic acids is 2. The van der Waals surface area contributed by atoms with Crippen LogP contribution in [0.25, 0.3) is 16.0 Å². The smallest absolute Gasteiger partial charge is 0.301 e. The largest absolute Gasteiger partial charge is 0.507 e. The van der Waals surface area contributed by atoms with E-state index in [-0.39, 0.29) is 11.3 Å². The zero-order chi connectivity index (χ0) is 23.3. The lowest BCUT2D eigenvalue weighted by molar-refractivity contribution is -0.132. The summed E-state index contributed by atoms with van der Waals surface area (Å²) in [6.07, 6.45) is 0. The molecule has 0 bridgehead atoms. The van der Waals surface area contributed by atoms with Crippen LogP contribution >= 0.6 is 22.7 Å². The number of fused-ring (bicyclic) bond motifs is 1. The van der Waals surface area contributed by atoms with Crippen molar-refractivity contribution < 1.29 is 19.4 Å². The first kappa shape index (κ1) is 21.4. The molecule has 1 aliphatic rings. The third-order valence-corrected chi connectivity index (χ3v) is 7.55. The van der Waals surface area contributed by atoms with Gasteiger partial charge in [0.2, 0.25) is 0 Å². The first-order valence-corrected chi connectivity index (χ1v) is 11.9. The van der Waals surface area contributed by atoms with E-state index in [1.807, 2.05) is 43.5 Å². The molecule has 1 N–H and O–H groups in total. The highest BCUT2D eigenvalue weighted by Gasteiger charge is 2.48. The average Bonchev–Trinajstić information content (AvgIpc) is 3.52. The molecule has 6 nitrogen and oxygen atoms in total. The molecule has 3 heterocycles. The average molecular weight is 477 g/mol. The van der Waals surface area contributed by atoms with E-state index in [0.717, 1.165) is 26.2 Å². The number of aliphatic hydroxyl groups excluding tert-OH is 1. The summed E-state index contributed by atoms with van der Waals surface area (Å²) >= 11 is 2.79. The van der Waals surface area contributed by atoms with E-state index in [9.17, 15) is 14.7 Å². The third kappa shape index (κ3) is 3.51. The van der Waals surface area contributed by atoms with Gasteiger partial charge in [0, 0.05) is 10.4 Å². The van der Waals surface area contributed by atoms with Crippen molar-refractivity contribution in [2.24, 2.45) is 0 Å². The van der Waals surface area contributed by atoms with Gasteiger partial charge < -0.3 is 9.84 Å². The van der Waals surface area contributed by atoms with Crippen LogP contribution in [0.1, 0.15) is 27.6 Å². The zero-order valence-electron chi connectivity index (χ0n) is 18.2. The molecule has 2 aromatic heterocycles. The van der Waals surface area contributed by atoms with E-state index in [1.54, 1.807) is 24.3 Å². The van der Waals surface area contributed by atoms with Crippen molar-refractivity contribution in [3.8, 4) is 5.75 Å². The van der Waals surface area contributed by atoms with Crippen molar-refractivity contribution in [1.82, 2.24) is 4.98 Å². The van der Waals surface area contributed by atoms with E-state index in [4.69, 9.17) is 9.72 Å². The number of rotatable bonds is 4. The maximum atomic E-state index is 13.3. The van der Waals surface area contributed by atoms with Gasteiger partial charge in [-0.1, -0.05) is 35.6 Å². The monoisotopic (exact) mass is 476 g/mol. The van der Waals surface area contributed by atoms with Gasteiger partial charge in [0.25, 0.3) is 5.78 Å². The number of Topliss-reactive ketones (excluding diaryl/α,β-unsaturated/α-hetero) is 1. The number of carbonyl (C=O) groups is 2. The van der Waals surface area contributed by atoms with Crippen LogP contribution in [0.15, 0.2) is 59.5 Å². The number of thiophene rings is 1. The molecule has 1 amide bonds. The lowest BCUT2D eigenvalue weighted by atomic mass is 10.00. The number of benzene rings is 2. The Balaban J connectivity index is 1.72. The number of hydrogen-bond donors (Lipinski definition) is 1. The van der Waals surface area contributed by atoms with Crippen molar-refractivity contribution in [2.45, 2.75) is 19.9 Å². The molecule has 0 radical (unpaired) electrons. The SMILES string of the molecule is COc1cccc(C(O)=C2C(=O)C(=O)N(c3nc4c(C)cc(C)cc4s3)[C@H]2c2cccs2)c1. The van der Waals surface area contributed by atoms with Crippen LogP contribution in [-0.4, -0.2) is 28.9 Å². The summed E-state index contributed by atoms with van der Waals surface area (Å²) in [5, 5.41) is 13.5. The second kappa shape index (κ2) is 8.13. The van der Waals surface area contributed by atoms with Gasteiger partial charge in [0.15, 0.2) is 5.13 Å². The molecule has 1 aliphatic heterocycles. The number of ketones is 1. The minimum Gasteiger partial charge on any atom is -0.507 e. The summed E-state index contributed by atoms with van der Waals surface area (Å²) in [5.74, 6) is -1.13. The Kier molecular flexibility index (Phi) is 5.26. The fourth-order valence-electron chi connectivity index (χ4n) is 4.13. The molecular weight excluding hydrogens is 456 g/mol. The highest BCUT2D eigenvalue weighted by atomic mass is 32.1. The number of hydrogen-bond acceptors (Lipinski definition) is 7. The summed E-state index contributed by atoms with van der Waals surface area (Å²) < 4.78 is 6.20. The van der Waals surface area contributed by atoms with Gasteiger partial charge in [-0.15, -0.1) is 11.3 Å². The minimum absolute atomic E-state index is 0.0443. The summed E-state index contributed by atoms with van der Waals surface area (Å²) in [7, 11) is 1.53. The Bertz CT molecular complexity index is 1440. The molecule has 1 atom stereocenters. The summed E-state index contributed by atoms with van der Waals surface area (Å²) in [4.78, 5) is 33.4. The Morgan fingerprint density at radius 3 is 2.67 bits per heavy atom. The maximum Gasteiger partial charge on any atom is 0.301 e. The number of amides is 1. The first-order valence-electron chi connectivity index (χ1n) is 10.3. The standard InChI is InChI=1S/C25H20N2O4S2/c1-13-10-14(2)20-18(11-13)33-25(26-20)27-21(17-8-5-9-32-17)19(23(29)24(27)30)22(28)15-6-4-7-16(12-15)31-3/h4-12,21,28H,1-3H3/t21-/m0/s1. The van der Waals surface area contributed by atoms with Gasteiger partial charge in [0.05, 0.1) is 22.9 Å². The van der Waals surface area contributed by atoms with Gasteiger partial charge in [-0.25, -0.2) is 4.98 Å². The van der Waals surface area contributed by atoms with Gasteiger partial charge in [-0.3, -0.25) is 14.5 Å². The molecule has 0 aliphatic carbocycles. The Morgan fingerprint density at radius 1 is 1.12 bits per heavy atom. The van der Waals surface area contributed by atoms with E-state index in [0.29, 0.717) is 16.4 Å². The topological polar surface area (TPSA) is 79.7 Å². The number of nitrogens with zero attached hydrogens (tertiary/aromatic N) is 2. The summed E-state index contributed by atoms with van der Waals surface area (Å²) in [6, 6.07) is 13.8. The van der Waals surface area contributed by atoms with Crippen LogP contribution < -0.4 is 9.64 Å². The lowest BCUT2D eigenvalue weighted by Crippen LogP contribution is -2.28. The predicted octanol–water partition coefficient (Wildman–Crippen LogP) is 5.61. The number of ether oxygens (including phenoxy) is 1. The second-order valence-corrected chi connectivity index (χ2v) is 9.83. The number of methoxy groups -OCH3 is 1. The minimum atomic E-state index is -0.766. The normalized spacial score (nSPS) is 17.8. The van der Waals surface area contributed by atoms with E-state index >= 15 is 0 Å². The molecule has 2 aromatic carbocycles. The number of aliphatic hydroxyl groups is 1. The molecule has 1 fully saturated rings. The van der Waals surface area contributed by atoms with Gasteiger partial charge in [0.1, 0.15) is 17.6 Å². The summed E-state index contributed by atoms with van der Waals surface area (Å²) in [6.45, 7) is 3.99. The van der Waals surface area contributed by atoms with Crippen molar-refractivity contribution in [3.05, 3.63) is 81.1 Å². The Labute approximate surface area is 198 Å². The van der Waals surface area contributed by atoms with Crippen molar-refractivity contribution in [1.29, 1.82) is 0 Å². The molecular formula is C25H20N2O4S2. The predicted molar refractivity (Wildman–Crippen MR) is 131 cm³/mol. The summed E-state index contributed by atoms with van der Waals surface area (Å²) in [5.41, 5.74) is 3.37. The fourth-order valence-corrected chi connectivity index (χ4v) is 6.13. The van der Waals surface area contributed by atoms with E-state index in [2.05, 4.69) is 0 Å². The van der Waals surface area contributed by atoms with Crippen molar-refractivity contribution in [3.63, 3.8) is 0 Å². The molecule has 8 heteroatoms. The number of aryl methyl sites for hydroxylation is 2. The zero-order valence-corrected chi connectivity index (χ0v) is 19.8. The van der Waals surface area contributed by atoms with Crippen LogP contribution in [0.4, 0.5) is 5.13 Å². The van der Waals surface area contributed by atoms with E-state index in [1.165, 1.54) is 34.7 Å².